The minimum atomic E-state index is -3.84. The standard InChI is InChI=1S/C20H21BrN2O9S/c1-12(2)18(11-19(21)33(29,30)17-6-4-16(31-3)5-7-17)32-20(24)13-8-14(22(25)26)10-15(9-13)23(27)28/h4-10,12,18-19H,11H2,1-3H3/t18-,19+/m0/s1. The number of methoxy groups -OCH3 is 1. The molecule has 0 aliphatic heterocycles. The number of alkyl halides is 1. The van der Waals surface area contributed by atoms with Gasteiger partial charge in [-0.25, -0.2) is 13.2 Å². The van der Waals surface area contributed by atoms with Crippen LogP contribution in [0, 0.1) is 26.1 Å². The maximum atomic E-state index is 12.9. The largest absolute Gasteiger partial charge is 0.497 e. The molecule has 0 aromatic heterocycles. The molecule has 0 unspecified atom stereocenters. The SMILES string of the molecule is COc1ccc(S(=O)(=O)[C@@H](Br)C[C@H](OC(=O)c2cc([N+](=O)[O-])cc([N+](=O)[O-])c2)C(C)C)cc1. The highest BCUT2D eigenvalue weighted by atomic mass is 79.9. The van der Waals surface area contributed by atoms with E-state index in [0.29, 0.717) is 5.75 Å². The summed E-state index contributed by atoms with van der Waals surface area (Å²) in [6.07, 6.45) is -1.04. The third-order valence-electron chi connectivity index (χ3n) is 4.70. The summed E-state index contributed by atoms with van der Waals surface area (Å²) >= 11 is 3.16. The summed E-state index contributed by atoms with van der Waals surface area (Å²) in [5.41, 5.74) is -1.67. The van der Waals surface area contributed by atoms with E-state index in [-0.39, 0.29) is 22.8 Å². The lowest BCUT2D eigenvalue weighted by Gasteiger charge is -2.24. The van der Waals surface area contributed by atoms with E-state index in [0.717, 1.165) is 18.2 Å². The Hall–Kier alpha value is -3.06. The number of hydrogen-bond acceptors (Lipinski definition) is 9. The molecule has 2 rings (SSSR count). The van der Waals surface area contributed by atoms with Gasteiger partial charge in [-0.2, -0.15) is 0 Å². The van der Waals surface area contributed by atoms with Crippen molar-refractivity contribution in [3.8, 4) is 5.75 Å². The Morgan fingerprint density at radius 2 is 1.55 bits per heavy atom. The Balaban J connectivity index is 2.26. The number of nitro groups is 2. The summed E-state index contributed by atoms with van der Waals surface area (Å²) in [7, 11) is -2.38. The van der Waals surface area contributed by atoms with Crippen molar-refractivity contribution >= 4 is 43.1 Å². The average molecular weight is 545 g/mol. The first-order chi connectivity index (χ1) is 15.4. The van der Waals surface area contributed by atoms with E-state index in [1.54, 1.807) is 13.8 Å². The Kier molecular flexibility index (Phi) is 8.50. The van der Waals surface area contributed by atoms with Crippen LogP contribution in [0.15, 0.2) is 47.4 Å². The number of sulfone groups is 1. The number of halogens is 1. The van der Waals surface area contributed by atoms with E-state index in [1.807, 2.05) is 0 Å². The van der Waals surface area contributed by atoms with Gasteiger partial charge < -0.3 is 9.47 Å². The first kappa shape index (κ1) is 26.2. The molecule has 0 radical (unpaired) electrons. The number of carbonyl (C=O) groups is 1. The second-order valence-electron chi connectivity index (χ2n) is 7.31. The molecule has 0 amide bonds. The summed E-state index contributed by atoms with van der Waals surface area (Å²) in [5, 5.41) is 22.1. The quantitative estimate of drug-likeness (QED) is 0.184. The number of nitrogens with zero attached hydrogens (tertiary/aromatic N) is 2. The van der Waals surface area contributed by atoms with Gasteiger partial charge in [0.15, 0.2) is 9.84 Å². The van der Waals surface area contributed by atoms with Gasteiger partial charge in [0.2, 0.25) is 0 Å². The highest BCUT2D eigenvalue weighted by molar-refractivity contribution is 9.11. The maximum Gasteiger partial charge on any atom is 0.338 e. The van der Waals surface area contributed by atoms with Crippen LogP contribution in [-0.2, 0) is 14.6 Å². The third kappa shape index (κ3) is 6.48. The van der Waals surface area contributed by atoms with Crippen LogP contribution in [-0.4, -0.2) is 41.6 Å². The summed E-state index contributed by atoms with van der Waals surface area (Å²) in [5.74, 6) is -0.879. The summed E-state index contributed by atoms with van der Waals surface area (Å²) in [4.78, 5) is 33.1. The molecule has 2 aromatic carbocycles. The first-order valence-electron chi connectivity index (χ1n) is 9.53. The summed E-state index contributed by atoms with van der Waals surface area (Å²) in [6, 6.07) is 8.25. The van der Waals surface area contributed by atoms with Gasteiger partial charge in [0.25, 0.3) is 11.4 Å². The molecular formula is C20H21BrN2O9S. The molecule has 2 atom stereocenters. The van der Waals surface area contributed by atoms with Crippen molar-refractivity contribution in [3.05, 3.63) is 68.3 Å². The number of ether oxygens (including phenoxy) is 2. The molecule has 0 aliphatic carbocycles. The van der Waals surface area contributed by atoms with E-state index < -0.39 is 47.3 Å². The van der Waals surface area contributed by atoms with Crippen molar-refractivity contribution in [2.75, 3.05) is 7.11 Å². The predicted molar refractivity (Wildman–Crippen MR) is 121 cm³/mol. The summed E-state index contributed by atoms with van der Waals surface area (Å²) < 4.78 is 35.1. The number of carbonyl (C=O) groups excluding carboxylic acids is 1. The number of nitro benzene ring substituents is 2. The maximum absolute atomic E-state index is 12.9. The van der Waals surface area contributed by atoms with Gasteiger partial charge in [-0.1, -0.05) is 29.8 Å². The predicted octanol–water partition coefficient (Wildman–Crippen LogP) is 4.28. The van der Waals surface area contributed by atoms with Crippen molar-refractivity contribution < 1.29 is 32.5 Å². The number of rotatable bonds is 10. The summed E-state index contributed by atoms with van der Waals surface area (Å²) in [6.45, 7) is 3.40. The van der Waals surface area contributed by atoms with Crippen molar-refractivity contribution in [2.24, 2.45) is 5.92 Å². The van der Waals surface area contributed by atoms with Gasteiger partial charge in [0.05, 0.1) is 33.5 Å². The van der Waals surface area contributed by atoms with Crippen molar-refractivity contribution in [1.29, 1.82) is 0 Å². The molecule has 2 aromatic rings. The molecule has 33 heavy (non-hydrogen) atoms. The number of benzene rings is 2. The molecule has 0 bridgehead atoms. The van der Waals surface area contributed by atoms with Gasteiger partial charge in [0.1, 0.15) is 16.0 Å². The molecular weight excluding hydrogens is 524 g/mol. The van der Waals surface area contributed by atoms with Crippen LogP contribution < -0.4 is 4.74 Å². The highest BCUT2D eigenvalue weighted by Gasteiger charge is 2.32. The van der Waals surface area contributed by atoms with Crippen LogP contribution in [0.4, 0.5) is 11.4 Å². The Bertz CT molecular complexity index is 1120. The Labute approximate surface area is 198 Å². The minimum Gasteiger partial charge on any atom is -0.497 e. The molecule has 0 aliphatic rings. The fourth-order valence-corrected chi connectivity index (χ4v) is 5.08. The topological polar surface area (TPSA) is 156 Å². The fourth-order valence-electron chi connectivity index (χ4n) is 2.81. The minimum absolute atomic E-state index is 0.0355. The monoisotopic (exact) mass is 544 g/mol. The normalized spacial score (nSPS) is 13.2. The zero-order valence-corrected chi connectivity index (χ0v) is 20.2. The van der Waals surface area contributed by atoms with E-state index >= 15 is 0 Å². The van der Waals surface area contributed by atoms with E-state index in [4.69, 9.17) is 9.47 Å². The number of non-ortho nitro benzene ring substituents is 2. The van der Waals surface area contributed by atoms with Crippen LogP contribution in [0.5, 0.6) is 5.75 Å². The van der Waals surface area contributed by atoms with Gasteiger partial charge >= 0.3 is 5.97 Å². The molecule has 13 heteroatoms. The Morgan fingerprint density at radius 1 is 1.03 bits per heavy atom. The van der Waals surface area contributed by atoms with Crippen LogP contribution in [0.25, 0.3) is 0 Å². The highest BCUT2D eigenvalue weighted by Crippen LogP contribution is 2.29. The molecule has 0 heterocycles. The first-order valence-corrected chi connectivity index (χ1v) is 12.0. The van der Waals surface area contributed by atoms with Gasteiger partial charge in [0, 0.05) is 18.6 Å². The van der Waals surface area contributed by atoms with Crippen LogP contribution >= 0.6 is 15.9 Å². The van der Waals surface area contributed by atoms with Gasteiger partial charge in [-0.05, 0) is 30.2 Å². The molecule has 0 fully saturated rings. The average Bonchev–Trinajstić information content (AvgIpc) is 2.77. The van der Waals surface area contributed by atoms with Crippen molar-refractivity contribution in [2.45, 2.75) is 35.4 Å². The number of esters is 1. The van der Waals surface area contributed by atoms with E-state index in [1.165, 1.54) is 31.4 Å². The molecule has 11 nitrogen and oxygen atoms in total. The smallest absolute Gasteiger partial charge is 0.338 e. The van der Waals surface area contributed by atoms with Crippen LogP contribution in [0.2, 0.25) is 0 Å². The molecule has 0 spiro atoms. The molecule has 0 saturated heterocycles. The fraction of sp³-hybridized carbons (Fsp3) is 0.350. The molecule has 178 valence electrons. The zero-order valence-electron chi connectivity index (χ0n) is 17.8. The van der Waals surface area contributed by atoms with E-state index in [9.17, 15) is 33.4 Å². The second-order valence-corrected chi connectivity index (χ2v) is 11.1. The van der Waals surface area contributed by atoms with E-state index in [2.05, 4.69) is 15.9 Å². The molecule has 0 N–H and O–H groups in total. The lowest BCUT2D eigenvalue weighted by molar-refractivity contribution is -0.394. The van der Waals surface area contributed by atoms with Gasteiger partial charge in [-0.3, -0.25) is 20.2 Å². The Morgan fingerprint density at radius 3 is 1.97 bits per heavy atom. The van der Waals surface area contributed by atoms with Gasteiger partial charge in [-0.15, -0.1) is 0 Å². The number of hydrogen-bond donors (Lipinski definition) is 0. The second kappa shape index (κ2) is 10.7. The van der Waals surface area contributed by atoms with Crippen molar-refractivity contribution in [3.63, 3.8) is 0 Å². The lowest BCUT2D eigenvalue weighted by atomic mass is 10.0. The zero-order chi connectivity index (χ0) is 24.9. The van der Waals surface area contributed by atoms with Crippen LogP contribution in [0.3, 0.4) is 0 Å². The third-order valence-corrected chi connectivity index (χ3v) is 8.35. The molecule has 0 saturated carbocycles. The van der Waals surface area contributed by atoms with Crippen LogP contribution in [0.1, 0.15) is 30.6 Å². The lowest BCUT2D eigenvalue weighted by Crippen LogP contribution is -2.29. The van der Waals surface area contributed by atoms with Crippen molar-refractivity contribution in [1.82, 2.24) is 0 Å².